The van der Waals surface area contributed by atoms with Gasteiger partial charge < -0.3 is 10.2 Å². The Morgan fingerprint density at radius 3 is 2.58 bits per heavy atom. The lowest BCUT2D eigenvalue weighted by Crippen LogP contribution is -2.00. The molecule has 0 bridgehead atoms. The predicted molar refractivity (Wildman–Crippen MR) is 74.1 cm³/mol. The lowest BCUT2D eigenvalue weighted by Gasteiger charge is -2.09. The number of rotatable bonds is 3. The van der Waals surface area contributed by atoms with Crippen molar-refractivity contribution in [1.82, 2.24) is 0 Å². The van der Waals surface area contributed by atoms with Crippen LogP contribution in [-0.4, -0.2) is 16.2 Å². The average molecular weight is 277 g/mol. The Labute approximate surface area is 116 Å². The Balaban J connectivity index is 2.42. The fourth-order valence-corrected chi connectivity index (χ4v) is 2.19. The molecule has 2 aromatic carbocycles. The molecule has 98 valence electrons. The van der Waals surface area contributed by atoms with Crippen LogP contribution in [0.15, 0.2) is 36.4 Å². The SMILES string of the molecule is Cc1ccccc1Cc1cc(Cl)c(O)c(C(=O)O)c1. The van der Waals surface area contributed by atoms with E-state index in [4.69, 9.17) is 16.7 Å². The Hall–Kier alpha value is -2.00. The molecule has 0 saturated carbocycles. The van der Waals surface area contributed by atoms with Crippen molar-refractivity contribution in [2.45, 2.75) is 13.3 Å². The minimum Gasteiger partial charge on any atom is -0.505 e. The van der Waals surface area contributed by atoms with E-state index in [2.05, 4.69) is 0 Å². The number of halogens is 1. The first-order valence-corrected chi connectivity index (χ1v) is 6.16. The third kappa shape index (κ3) is 2.88. The van der Waals surface area contributed by atoms with Gasteiger partial charge in [0.1, 0.15) is 11.3 Å². The summed E-state index contributed by atoms with van der Waals surface area (Å²) in [6, 6.07) is 10.9. The van der Waals surface area contributed by atoms with Crippen molar-refractivity contribution in [2.24, 2.45) is 0 Å². The van der Waals surface area contributed by atoms with Crippen LogP contribution in [0.2, 0.25) is 5.02 Å². The number of hydrogen-bond donors (Lipinski definition) is 2. The van der Waals surface area contributed by atoms with Gasteiger partial charge in [-0.05, 0) is 42.2 Å². The molecule has 3 nitrogen and oxygen atoms in total. The lowest BCUT2D eigenvalue weighted by molar-refractivity contribution is 0.0693. The number of hydrogen-bond acceptors (Lipinski definition) is 2. The monoisotopic (exact) mass is 276 g/mol. The number of carboxylic acids is 1. The number of carboxylic acid groups (broad SMARTS) is 1. The molecule has 0 atom stereocenters. The van der Waals surface area contributed by atoms with E-state index in [9.17, 15) is 9.90 Å². The van der Waals surface area contributed by atoms with Gasteiger partial charge in [-0.3, -0.25) is 0 Å². The van der Waals surface area contributed by atoms with Gasteiger partial charge >= 0.3 is 5.97 Å². The second-order valence-corrected chi connectivity index (χ2v) is 4.79. The summed E-state index contributed by atoms with van der Waals surface area (Å²) >= 11 is 5.86. The van der Waals surface area contributed by atoms with E-state index < -0.39 is 5.97 Å². The summed E-state index contributed by atoms with van der Waals surface area (Å²) < 4.78 is 0. The first kappa shape index (κ1) is 13.4. The standard InChI is InChI=1S/C15H13ClO3/c1-9-4-2-3-5-11(9)6-10-7-12(15(18)19)14(17)13(16)8-10/h2-5,7-8,17H,6H2,1H3,(H,18,19). The molecular weight excluding hydrogens is 264 g/mol. The van der Waals surface area contributed by atoms with Crippen molar-refractivity contribution in [3.05, 3.63) is 63.7 Å². The normalized spacial score (nSPS) is 10.4. The molecule has 0 fully saturated rings. The topological polar surface area (TPSA) is 57.5 Å². The van der Waals surface area contributed by atoms with Gasteiger partial charge in [0.2, 0.25) is 0 Å². The highest BCUT2D eigenvalue weighted by molar-refractivity contribution is 6.32. The highest BCUT2D eigenvalue weighted by Crippen LogP contribution is 2.30. The summed E-state index contributed by atoms with van der Waals surface area (Å²) in [5.41, 5.74) is 2.81. The van der Waals surface area contributed by atoms with Crippen LogP contribution in [0.1, 0.15) is 27.0 Å². The largest absolute Gasteiger partial charge is 0.505 e. The van der Waals surface area contributed by atoms with Crippen LogP contribution in [-0.2, 0) is 6.42 Å². The third-order valence-electron chi connectivity index (χ3n) is 3.01. The van der Waals surface area contributed by atoms with Gasteiger partial charge in [-0.15, -0.1) is 0 Å². The Morgan fingerprint density at radius 1 is 1.26 bits per heavy atom. The van der Waals surface area contributed by atoms with Gasteiger partial charge in [0, 0.05) is 0 Å². The molecule has 4 heteroatoms. The van der Waals surface area contributed by atoms with E-state index >= 15 is 0 Å². The van der Waals surface area contributed by atoms with Crippen LogP contribution < -0.4 is 0 Å². The molecule has 0 heterocycles. The first-order valence-electron chi connectivity index (χ1n) is 5.78. The molecule has 0 spiro atoms. The number of carbonyl (C=O) groups is 1. The molecule has 0 amide bonds. The van der Waals surface area contributed by atoms with Crippen molar-refractivity contribution < 1.29 is 15.0 Å². The van der Waals surface area contributed by atoms with Crippen LogP contribution in [0.3, 0.4) is 0 Å². The molecule has 0 saturated heterocycles. The highest BCUT2D eigenvalue weighted by Gasteiger charge is 2.14. The fraction of sp³-hybridized carbons (Fsp3) is 0.133. The molecule has 0 aliphatic rings. The molecule has 2 N–H and O–H groups in total. The van der Waals surface area contributed by atoms with Gasteiger partial charge in [0.05, 0.1) is 5.02 Å². The number of aromatic carboxylic acids is 1. The van der Waals surface area contributed by atoms with Crippen LogP contribution in [0, 0.1) is 6.92 Å². The number of phenols is 1. The summed E-state index contributed by atoms with van der Waals surface area (Å²) in [4.78, 5) is 11.0. The second-order valence-electron chi connectivity index (χ2n) is 4.38. The van der Waals surface area contributed by atoms with E-state index in [1.165, 1.54) is 6.07 Å². The Bertz CT molecular complexity index is 635. The summed E-state index contributed by atoms with van der Waals surface area (Å²) in [6.45, 7) is 2.00. The van der Waals surface area contributed by atoms with Gasteiger partial charge in [-0.1, -0.05) is 35.9 Å². The number of aryl methyl sites for hydroxylation is 1. The highest BCUT2D eigenvalue weighted by atomic mass is 35.5. The molecule has 19 heavy (non-hydrogen) atoms. The summed E-state index contributed by atoms with van der Waals surface area (Å²) in [5.74, 6) is -1.58. The molecule has 0 aliphatic carbocycles. The van der Waals surface area contributed by atoms with Gasteiger partial charge in [-0.2, -0.15) is 0 Å². The minimum absolute atomic E-state index is 0.0588. The number of benzene rings is 2. The van der Waals surface area contributed by atoms with Crippen molar-refractivity contribution in [1.29, 1.82) is 0 Å². The van der Waals surface area contributed by atoms with Crippen molar-refractivity contribution in [3.63, 3.8) is 0 Å². The van der Waals surface area contributed by atoms with Crippen molar-refractivity contribution in [2.75, 3.05) is 0 Å². The van der Waals surface area contributed by atoms with E-state index in [1.807, 2.05) is 31.2 Å². The maximum atomic E-state index is 11.0. The minimum atomic E-state index is -1.19. The smallest absolute Gasteiger partial charge is 0.339 e. The summed E-state index contributed by atoms with van der Waals surface area (Å²) in [5, 5.41) is 18.7. The zero-order valence-electron chi connectivity index (χ0n) is 10.4. The van der Waals surface area contributed by atoms with Crippen LogP contribution >= 0.6 is 11.6 Å². The van der Waals surface area contributed by atoms with Gasteiger partial charge in [0.25, 0.3) is 0 Å². The van der Waals surface area contributed by atoms with Gasteiger partial charge in [0.15, 0.2) is 0 Å². The maximum Gasteiger partial charge on any atom is 0.339 e. The Kier molecular flexibility index (Phi) is 3.76. The first-order chi connectivity index (χ1) is 8.99. The average Bonchev–Trinajstić information content (AvgIpc) is 2.36. The van der Waals surface area contributed by atoms with Crippen molar-refractivity contribution >= 4 is 17.6 Å². The lowest BCUT2D eigenvalue weighted by atomic mass is 9.99. The van der Waals surface area contributed by atoms with Gasteiger partial charge in [-0.25, -0.2) is 4.79 Å². The maximum absolute atomic E-state index is 11.0. The number of aromatic hydroxyl groups is 1. The predicted octanol–water partition coefficient (Wildman–Crippen LogP) is 3.64. The molecule has 2 aromatic rings. The van der Waals surface area contributed by atoms with E-state index in [0.29, 0.717) is 6.42 Å². The van der Waals surface area contributed by atoms with E-state index in [1.54, 1.807) is 6.07 Å². The fourth-order valence-electron chi connectivity index (χ4n) is 1.95. The van der Waals surface area contributed by atoms with Crippen molar-refractivity contribution in [3.8, 4) is 5.75 Å². The third-order valence-corrected chi connectivity index (χ3v) is 3.30. The van der Waals surface area contributed by atoms with Crippen LogP contribution in [0.4, 0.5) is 0 Å². The molecule has 2 rings (SSSR count). The summed E-state index contributed by atoms with van der Waals surface area (Å²) in [6.07, 6.45) is 0.576. The molecule has 0 aliphatic heterocycles. The van der Waals surface area contributed by atoms with E-state index in [-0.39, 0.29) is 16.3 Å². The molecule has 0 aromatic heterocycles. The van der Waals surface area contributed by atoms with Crippen LogP contribution in [0.5, 0.6) is 5.75 Å². The molecule has 0 radical (unpaired) electrons. The Morgan fingerprint density at radius 2 is 1.95 bits per heavy atom. The summed E-state index contributed by atoms with van der Waals surface area (Å²) in [7, 11) is 0. The second kappa shape index (κ2) is 5.33. The zero-order valence-corrected chi connectivity index (χ0v) is 11.1. The van der Waals surface area contributed by atoms with Crippen LogP contribution in [0.25, 0.3) is 0 Å². The molecule has 0 unspecified atom stereocenters. The quantitative estimate of drug-likeness (QED) is 0.900. The zero-order chi connectivity index (χ0) is 14.0. The van der Waals surface area contributed by atoms with E-state index in [0.717, 1.165) is 16.7 Å². The molecular formula is C15H13ClO3.